The van der Waals surface area contributed by atoms with Gasteiger partial charge in [0.15, 0.2) is 0 Å². The minimum atomic E-state index is 0.409. The Morgan fingerprint density at radius 2 is 2.31 bits per heavy atom. The number of ether oxygens (including phenoxy) is 1. The van der Waals surface area contributed by atoms with E-state index in [1.807, 2.05) is 13.2 Å². The number of hydrogen-bond acceptors (Lipinski definition) is 3. The van der Waals surface area contributed by atoms with Crippen molar-refractivity contribution in [2.24, 2.45) is 5.92 Å². The maximum atomic E-state index is 5.42. The fraction of sp³-hybridized carbons (Fsp3) is 0.750. The fourth-order valence-corrected chi connectivity index (χ4v) is 2.55. The van der Waals surface area contributed by atoms with E-state index in [1.54, 1.807) is 0 Å². The van der Waals surface area contributed by atoms with Crippen LogP contribution in [0.2, 0.25) is 0 Å². The molecule has 16 heavy (non-hydrogen) atoms. The lowest BCUT2D eigenvalue weighted by Crippen LogP contribution is -2.31. The van der Waals surface area contributed by atoms with Crippen LogP contribution in [0.1, 0.15) is 31.5 Å². The van der Waals surface area contributed by atoms with Crippen molar-refractivity contribution in [3.8, 4) is 0 Å². The van der Waals surface area contributed by atoms with Gasteiger partial charge in [-0.15, -0.1) is 0 Å². The maximum absolute atomic E-state index is 5.42. The van der Waals surface area contributed by atoms with Crippen LogP contribution in [0.5, 0.6) is 0 Å². The van der Waals surface area contributed by atoms with Crippen molar-refractivity contribution in [2.45, 2.75) is 32.4 Å². The minimum Gasteiger partial charge on any atom is -0.381 e. The van der Waals surface area contributed by atoms with Gasteiger partial charge < -0.3 is 10.1 Å². The summed E-state index contributed by atoms with van der Waals surface area (Å²) in [7, 11) is 2.03. The lowest BCUT2D eigenvalue weighted by atomic mass is 9.90. The molecule has 0 aromatic carbocycles. The fourth-order valence-electron chi connectivity index (χ4n) is 2.55. The van der Waals surface area contributed by atoms with E-state index in [2.05, 4.69) is 28.1 Å². The van der Waals surface area contributed by atoms with Crippen LogP contribution in [0.15, 0.2) is 12.3 Å². The Balaban J connectivity index is 2.14. The Morgan fingerprint density at radius 1 is 1.56 bits per heavy atom. The number of nitrogens with one attached hydrogen (secondary N) is 1. The zero-order chi connectivity index (χ0) is 11.4. The van der Waals surface area contributed by atoms with Gasteiger partial charge in [-0.2, -0.15) is 5.10 Å². The molecule has 2 heterocycles. The van der Waals surface area contributed by atoms with Gasteiger partial charge in [0.05, 0.1) is 11.7 Å². The zero-order valence-electron chi connectivity index (χ0n) is 10.1. The van der Waals surface area contributed by atoms with E-state index < -0.39 is 0 Å². The minimum absolute atomic E-state index is 0.409. The molecule has 2 rings (SSSR count). The number of aromatic nitrogens is 2. The predicted molar refractivity (Wildman–Crippen MR) is 63.2 cm³/mol. The van der Waals surface area contributed by atoms with Crippen LogP contribution in [0.4, 0.5) is 0 Å². The molecule has 90 valence electrons. The molecular formula is C12H21N3O. The number of rotatable bonds is 4. The molecule has 1 fully saturated rings. The van der Waals surface area contributed by atoms with E-state index in [4.69, 9.17) is 4.74 Å². The van der Waals surface area contributed by atoms with Gasteiger partial charge >= 0.3 is 0 Å². The van der Waals surface area contributed by atoms with Gasteiger partial charge in [-0.1, -0.05) is 0 Å². The summed E-state index contributed by atoms with van der Waals surface area (Å²) in [5.41, 5.74) is 1.30. The van der Waals surface area contributed by atoms with Crippen molar-refractivity contribution in [3.63, 3.8) is 0 Å². The summed E-state index contributed by atoms with van der Waals surface area (Å²) in [4.78, 5) is 0. The molecule has 0 amide bonds. The SMILES string of the molecule is CCn1nccc1C(NC)C1CCOCC1. The Bertz CT molecular complexity index is 318. The lowest BCUT2D eigenvalue weighted by molar-refractivity contribution is 0.0535. The van der Waals surface area contributed by atoms with E-state index in [-0.39, 0.29) is 0 Å². The van der Waals surface area contributed by atoms with E-state index in [9.17, 15) is 0 Å². The number of nitrogens with zero attached hydrogens (tertiary/aromatic N) is 2. The van der Waals surface area contributed by atoms with Crippen LogP contribution in [0, 0.1) is 5.92 Å². The first-order valence-corrected chi connectivity index (χ1v) is 6.13. The molecule has 4 heteroatoms. The maximum Gasteiger partial charge on any atom is 0.0556 e. The number of aryl methyl sites for hydroxylation is 1. The zero-order valence-corrected chi connectivity index (χ0v) is 10.1. The largest absolute Gasteiger partial charge is 0.381 e. The Labute approximate surface area is 97.0 Å². The molecule has 1 aromatic rings. The van der Waals surface area contributed by atoms with Crippen LogP contribution in [-0.4, -0.2) is 30.0 Å². The highest BCUT2D eigenvalue weighted by Crippen LogP contribution is 2.29. The van der Waals surface area contributed by atoms with Gasteiger partial charge in [0.25, 0.3) is 0 Å². The second kappa shape index (κ2) is 5.46. The van der Waals surface area contributed by atoms with Gasteiger partial charge in [0.2, 0.25) is 0 Å². The monoisotopic (exact) mass is 223 g/mol. The molecule has 0 radical (unpaired) electrons. The normalized spacial score (nSPS) is 19.9. The first kappa shape index (κ1) is 11.6. The summed E-state index contributed by atoms with van der Waals surface area (Å²) >= 11 is 0. The third-order valence-corrected chi connectivity index (χ3v) is 3.42. The molecular weight excluding hydrogens is 202 g/mol. The van der Waals surface area contributed by atoms with Crippen LogP contribution in [-0.2, 0) is 11.3 Å². The molecule has 1 aliphatic rings. The van der Waals surface area contributed by atoms with Gasteiger partial charge in [0.1, 0.15) is 0 Å². The highest BCUT2D eigenvalue weighted by atomic mass is 16.5. The molecule has 0 spiro atoms. The molecule has 1 N–H and O–H groups in total. The summed E-state index contributed by atoms with van der Waals surface area (Å²) in [5.74, 6) is 0.667. The summed E-state index contributed by atoms with van der Waals surface area (Å²) in [6.45, 7) is 4.85. The smallest absolute Gasteiger partial charge is 0.0556 e. The Hall–Kier alpha value is -0.870. The van der Waals surface area contributed by atoms with E-state index >= 15 is 0 Å². The van der Waals surface area contributed by atoms with Gasteiger partial charge in [0, 0.05) is 26.0 Å². The Morgan fingerprint density at radius 3 is 2.94 bits per heavy atom. The van der Waals surface area contributed by atoms with Crippen molar-refractivity contribution < 1.29 is 4.74 Å². The van der Waals surface area contributed by atoms with Crippen LogP contribution >= 0.6 is 0 Å². The van der Waals surface area contributed by atoms with E-state index in [1.165, 1.54) is 5.69 Å². The Kier molecular flexibility index (Phi) is 3.96. The van der Waals surface area contributed by atoms with Crippen molar-refractivity contribution >= 4 is 0 Å². The molecule has 4 nitrogen and oxygen atoms in total. The molecule has 1 saturated heterocycles. The predicted octanol–water partition coefficient (Wildman–Crippen LogP) is 1.59. The number of hydrogen-bond donors (Lipinski definition) is 1. The molecule has 1 atom stereocenters. The van der Waals surface area contributed by atoms with Crippen molar-refractivity contribution in [1.29, 1.82) is 0 Å². The first-order chi connectivity index (χ1) is 7.86. The van der Waals surface area contributed by atoms with E-state index in [0.717, 1.165) is 32.6 Å². The highest BCUT2D eigenvalue weighted by Gasteiger charge is 2.26. The van der Waals surface area contributed by atoms with Crippen molar-refractivity contribution in [2.75, 3.05) is 20.3 Å². The van der Waals surface area contributed by atoms with Crippen LogP contribution in [0.3, 0.4) is 0 Å². The molecule has 1 aliphatic heterocycles. The summed E-state index contributed by atoms with van der Waals surface area (Å²) in [5, 5.41) is 7.78. The van der Waals surface area contributed by atoms with Gasteiger partial charge in [-0.25, -0.2) is 0 Å². The molecule has 0 saturated carbocycles. The first-order valence-electron chi connectivity index (χ1n) is 6.13. The van der Waals surface area contributed by atoms with Gasteiger partial charge in [-0.05, 0) is 38.8 Å². The molecule has 1 aromatic heterocycles. The molecule has 1 unspecified atom stereocenters. The summed E-state index contributed by atoms with van der Waals surface area (Å²) in [6.07, 6.45) is 4.17. The summed E-state index contributed by atoms with van der Waals surface area (Å²) < 4.78 is 7.50. The second-order valence-electron chi connectivity index (χ2n) is 4.29. The summed E-state index contributed by atoms with van der Waals surface area (Å²) in [6, 6.07) is 2.53. The van der Waals surface area contributed by atoms with Crippen LogP contribution in [0.25, 0.3) is 0 Å². The molecule has 0 aliphatic carbocycles. The van der Waals surface area contributed by atoms with E-state index in [0.29, 0.717) is 12.0 Å². The topological polar surface area (TPSA) is 39.1 Å². The third-order valence-electron chi connectivity index (χ3n) is 3.42. The highest BCUT2D eigenvalue weighted by molar-refractivity contribution is 5.08. The third kappa shape index (κ3) is 2.28. The quantitative estimate of drug-likeness (QED) is 0.842. The van der Waals surface area contributed by atoms with Gasteiger partial charge in [-0.3, -0.25) is 4.68 Å². The molecule has 0 bridgehead atoms. The lowest BCUT2D eigenvalue weighted by Gasteiger charge is -2.30. The average Bonchev–Trinajstić information content (AvgIpc) is 2.80. The standard InChI is InChI=1S/C12H21N3O/c1-3-15-11(4-7-14-15)12(13-2)10-5-8-16-9-6-10/h4,7,10,12-13H,3,5-6,8-9H2,1-2H3. The average molecular weight is 223 g/mol. The van der Waals surface area contributed by atoms with Crippen LogP contribution < -0.4 is 5.32 Å². The van der Waals surface area contributed by atoms with Crippen molar-refractivity contribution in [1.82, 2.24) is 15.1 Å². The van der Waals surface area contributed by atoms with Crippen molar-refractivity contribution in [3.05, 3.63) is 18.0 Å². The second-order valence-corrected chi connectivity index (χ2v) is 4.29.